The van der Waals surface area contributed by atoms with Gasteiger partial charge in [0.05, 0.1) is 12.3 Å². The molecule has 0 saturated carbocycles. The van der Waals surface area contributed by atoms with E-state index in [1.54, 1.807) is 11.8 Å². The number of hydrogen-bond acceptors (Lipinski definition) is 3. The Hall–Kier alpha value is -1.94. The molecule has 0 aliphatic rings. The van der Waals surface area contributed by atoms with E-state index in [0.717, 1.165) is 11.5 Å². The van der Waals surface area contributed by atoms with Gasteiger partial charge in [0.15, 0.2) is 0 Å². The van der Waals surface area contributed by atoms with Crippen LogP contribution in [0.1, 0.15) is 16.7 Å². The summed E-state index contributed by atoms with van der Waals surface area (Å²) in [6.07, 6.45) is 0. The van der Waals surface area contributed by atoms with Gasteiger partial charge in [-0.05, 0) is 42.7 Å². The van der Waals surface area contributed by atoms with Crippen molar-refractivity contribution in [3.63, 3.8) is 0 Å². The van der Waals surface area contributed by atoms with Crippen molar-refractivity contribution in [2.24, 2.45) is 0 Å². The Morgan fingerprint density at radius 1 is 1.09 bits per heavy atom. The first-order chi connectivity index (χ1) is 11.1. The first-order valence-corrected chi connectivity index (χ1v) is 8.89. The lowest BCUT2D eigenvalue weighted by Crippen LogP contribution is -2.29. The first kappa shape index (κ1) is 17.4. The Bertz CT molecular complexity index is 629. The van der Waals surface area contributed by atoms with Gasteiger partial charge in [0.2, 0.25) is 5.91 Å². The molecule has 1 N–H and O–H groups in total. The maximum atomic E-state index is 11.8. The molecule has 122 valence electrons. The second kappa shape index (κ2) is 9.26. The summed E-state index contributed by atoms with van der Waals surface area (Å²) in [6.45, 7) is 5.15. The van der Waals surface area contributed by atoms with Gasteiger partial charge in [0, 0.05) is 5.75 Å². The largest absolute Gasteiger partial charge is 0.492 e. The average Bonchev–Trinajstić information content (AvgIpc) is 2.56. The summed E-state index contributed by atoms with van der Waals surface area (Å²) in [5.41, 5.74) is 3.70. The summed E-state index contributed by atoms with van der Waals surface area (Å²) in [4.78, 5) is 11.8. The van der Waals surface area contributed by atoms with E-state index in [-0.39, 0.29) is 5.91 Å². The molecule has 0 heterocycles. The van der Waals surface area contributed by atoms with Crippen molar-refractivity contribution in [2.75, 3.05) is 18.9 Å². The zero-order chi connectivity index (χ0) is 16.5. The highest BCUT2D eigenvalue weighted by Gasteiger charge is 2.02. The van der Waals surface area contributed by atoms with E-state index in [1.165, 1.54) is 16.7 Å². The number of carbonyl (C=O) groups excluding carboxylic acids is 1. The molecule has 0 atom stereocenters. The van der Waals surface area contributed by atoms with Crippen LogP contribution in [0, 0.1) is 13.8 Å². The van der Waals surface area contributed by atoms with Crippen molar-refractivity contribution in [3.05, 3.63) is 65.2 Å². The van der Waals surface area contributed by atoms with Crippen LogP contribution >= 0.6 is 11.8 Å². The molecule has 2 rings (SSSR count). The van der Waals surface area contributed by atoms with E-state index >= 15 is 0 Å². The van der Waals surface area contributed by atoms with Crippen molar-refractivity contribution < 1.29 is 9.53 Å². The number of benzene rings is 2. The molecule has 0 aliphatic carbocycles. The minimum atomic E-state index is 0.0506. The van der Waals surface area contributed by atoms with Gasteiger partial charge in [0.1, 0.15) is 12.4 Å². The Balaban J connectivity index is 1.58. The molecule has 1 amide bonds. The molecule has 0 radical (unpaired) electrons. The fourth-order valence-corrected chi connectivity index (χ4v) is 2.87. The number of aryl methyl sites for hydroxylation is 2. The van der Waals surface area contributed by atoms with Gasteiger partial charge in [-0.1, -0.05) is 36.4 Å². The van der Waals surface area contributed by atoms with Crippen LogP contribution < -0.4 is 10.1 Å². The van der Waals surface area contributed by atoms with Gasteiger partial charge in [-0.25, -0.2) is 0 Å². The monoisotopic (exact) mass is 329 g/mol. The van der Waals surface area contributed by atoms with Gasteiger partial charge < -0.3 is 10.1 Å². The maximum Gasteiger partial charge on any atom is 0.230 e. The topological polar surface area (TPSA) is 38.3 Å². The third kappa shape index (κ3) is 6.37. The van der Waals surface area contributed by atoms with Gasteiger partial charge >= 0.3 is 0 Å². The fraction of sp³-hybridized carbons (Fsp3) is 0.316. The number of amides is 1. The summed E-state index contributed by atoms with van der Waals surface area (Å²) >= 11 is 1.62. The Kier molecular flexibility index (Phi) is 7.01. The third-order valence-electron chi connectivity index (χ3n) is 3.52. The van der Waals surface area contributed by atoms with Crippen LogP contribution in [-0.4, -0.2) is 24.8 Å². The summed E-state index contributed by atoms with van der Waals surface area (Å²) in [5.74, 6) is 2.22. The minimum Gasteiger partial charge on any atom is -0.492 e. The van der Waals surface area contributed by atoms with Crippen LogP contribution in [0.2, 0.25) is 0 Å². The van der Waals surface area contributed by atoms with Crippen LogP contribution in [0.15, 0.2) is 48.5 Å². The summed E-state index contributed by atoms with van der Waals surface area (Å²) < 4.78 is 5.64. The molecule has 3 nitrogen and oxygen atoms in total. The van der Waals surface area contributed by atoms with Crippen molar-refractivity contribution in [1.82, 2.24) is 5.32 Å². The van der Waals surface area contributed by atoms with Crippen LogP contribution in [0.5, 0.6) is 5.75 Å². The summed E-state index contributed by atoms with van der Waals surface area (Å²) in [7, 11) is 0. The Morgan fingerprint density at radius 3 is 2.61 bits per heavy atom. The van der Waals surface area contributed by atoms with Crippen LogP contribution in [-0.2, 0) is 10.5 Å². The lowest BCUT2D eigenvalue weighted by atomic mass is 10.1. The molecule has 0 saturated heterocycles. The smallest absolute Gasteiger partial charge is 0.230 e. The Morgan fingerprint density at radius 2 is 1.87 bits per heavy atom. The normalized spacial score (nSPS) is 10.3. The van der Waals surface area contributed by atoms with Gasteiger partial charge in [-0.3, -0.25) is 4.79 Å². The molecule has 0 fully saturated rings. The van der Waals surface area contributed by atoms with E-state index in [2.05, 4.69) is 31.3 Å². The Labute approximate surface area is 142 Å². The van der Waals surface area contributed by atoms with Crippen molar-refractivity contribution >= 4 is 17.7 Å². The maximum absolute atomic E-state index is 11.8. The summed E-state index contributed by atoms with van der Waals surface area (Å²) in [6, 6.07) is 16.2. The van der Waals surface area contributed by atoms with Crippen molar-refractivity contribution in [3.8, 4) is 5.75 Å². The summed E-state index contributed by atoms with van der Waals surface area (Å²) in [5, 5.41) is 2.88. The second-order valence-corrected chi connectivity index (χ2v) is 6.41. The highest BCUT2D eigenvalue weighted by Crippen LogP contribution is 2.16. The standard InChI is InChI=1S/C19H23NO2S/c1-15-8-9-18(12-16(15)2)22-11-10-20-19(21)14-23-13-17-6-4-3-5-7-17/h3-9,12H,10-11,13-14H2,1-2H3,(H,20,21). The van der Waals surface area contributed by atoms with Crippen molar-refractivity contribution in [1.29, 1.82) is 0 Å². The predicted molar refractivity (Wildman–Crippen MR) is 97.0 cm³/mol. The average molecular weight is 329 g/mol. The molecule has 23 heavy (non-hydrogen) atoms. The van der Waals surface area contributed by atoms with Gasteiger partial charge in [-0.2, -0.15) is 0 Å². The molecule has 0 unspecified atom stereocenters. The second-order valence-electron chi connectivity index (χ2n) is 5.42. The quantitative estimate of drug-likeness (QED) is 0.750. The van der Waals surface area contributed by atoms with Crippen molar-refractivity contribution in [2.45, 2.75) is 19.6 Å². The molecule has 2 aromatic rings. The fourth-order valence-electron chi connectivity index (χ4n) is 2.05. The number of hydrogen-bond donors (Lipinski definition) is 1. The molecular formula is C19H23NO2S. The van der Waals surface area contributed by atoms with Gasteiger partial charge in [-0.15, -0.1) is 11.8 Å². The molecule has 2 aromatic carbocycles. The molecular weight excluding hydrogens is 306 g/mol. The number of ether oxygens (including phenoxy) is 1. The van der Waals surface area contributed by atoms with E-state index in [0.29, 0.717) is 18.9 Å². The SMILES string of the molecule is Cc1ccc(OCCNC(=O)CSCc2ccccc2)cc1C. The predicted octanol–water partition coefficient (Wildman–Crippen LogP) is 3.73. The molecule has 4 heteroatoms. The number of nitrogens with one attached hydrogen (secondary N) is 1. The van der Waals surface area contributed by atoms with E-state index in [1.807, 2.05) is 36.4 Å². The van der Waals surface area contributed by atoms with Crippen LogP contribution in [0.4, 0.5) is 0 Å². The number of rotatable bonds is 8. The highest BCUT2D eigenvalue weighted by atomic mass is 32.2. The number of thioether (sulfide) groups is 1. The number of carbonyl (C=O) groups is 1. The molecule has 0 spiro atoms. The van der Waals surface area contributed by atoms with E-state index in [4.69, 9.17) is 4.74 Å². The van der Waals surface area contributed by atoms with Gasteiger partial charge in [0.25, 0.3) is 0 Å². The highest BCUT2D eigenvalue weighted by molar-refractivity contribution is 7.99. The third-order valence-corrected chi connectivity index (χ3v) is 4.52. The lowest BCUT2D eigenvalue weighted by molar-refractivity contribution is -0.118. The zero-order valence-corrected chi connectivity index (χ0v) is 14.5. The lowest BCUT2D eigenvalue weighted by Gasteiger charge is -2.09. The molecule has 0 bridgehead atoms. The van der Waals surface area contributed by atoms with Crippen LogP contribution in [0.3, 0.4) is 0 Å². The molecule has 0 aliphatic heterocycles. The van der Waals surface area contributed by atoms with E-state index < -0.39 is 0 Å². The van der Waals surface area contributed by atoms with E-state index in [9.17, 15) is 4.79 Å². The first-order valence-electron chi connectivity index (χ1n) is 7.73. The molecule has 0 aromatic heterocycles. The van der Waals surface area contributed by atoms with Crippen LogP contribution in [0.25, 0.3) is 0 Å². The minimum absolute atomic E-state index is 0.0506. The zero-order valence-electron chi connectivity index (χ0n) is 13.7.